The van der Waals surface area contributed by atoms with Gasteiger partial charge in [-0.25, -0.2) is 0 Å². The molecular weight excluding hydrogens is 242 g/mol. The molecule has 3 heteroatoms. The first kappa shape index (κ1) is 11.1. The lowest BCUT2D eigenvalue weighted by Crippen LogP contribution is -2.08. The maximum absolute atomic E-state index is 8.60. The van der Waals surface area contributed by atoms with Gasteiger partial charge in [-0.2, -0.15) is 5.26 Å². The molecule has 0 heterocycles. The van der Waals surface area contributed by atoms with Crippen LogP contribution in [-0.4, -0.2) is 6.10 Å². The summed E-state index contributed by atoms with van der Waals surface area (Å²) in [4.78, 5) is 0. The summed E-state index contributed by atoms with van der Waals surface area (Å²) in [7, 11) is 0. The molecule has 0 N–H and O–H groups in total. The molecule has 0 saturated heterocycles. The van der Waals surface area contributed by atoms with Crippen LogP contribution in [-0.2, 0) is 6.42 Å². The Morgan fingerprint density at radius 3 is 2.79 bits per heavy atom. The number of halogens is 1. The quantitative estimate of drug-likeness (QED) is 0.829. The van der Waals surface area contributed by atoms with E-state index in [-0.39, 0.29) is 0 Å². The number of nitrogens with zero attached hydrogens (tertiary/aromatic N) is 1. The molecule has 0 aliphatic rings. The minimum absolute atomic E-state index is 0.418. The fourth-order valence-corrected chi connectivity index (χ4v) is 1.60. The van der Waals surface area contributed by atoms with Gasteiger partial charge >= 0.3 is 0 Å². The first-order chi connectivity index (χ1) is 6.67. The molecule has 2 nitrogen and oxygen atoms in total. The van der Waals surface area contributed by atoms with Crippen LogP contribution in [0.4, 0.5) is 0 Å². The van der Waals surface area contributed by atoms with Crippen LogP contribution in [0, 0.1) is 11.3 Å². The summed E-state index contributed by atoms with van der Waals surface area (Å²) < 4.78 is 6.29. The maximum atomic E-state index is 8.60. The standard InChI is InChI=1S/C11H12BrNO/c1-3-9-4-5-11(10(12)6-9)14-8(2)7-13/h4-6,8H,3H2,1-2H3. The Morgan fingerprint density at radius 2 is 2.29 bits per heavy atom. The van der Waals surface area contributed by atoms with Crippen molar-refractivity contribution in [2.45, 2.75) is 26.4 Å². The molecule has 0 aliphatic carbocycles. The molecule has 0 aromatic heterocycles. The maximum Gasteiger partial charge on any atom is 0.181 e. The van der Waals surface area contributed by atoms with Crippen molar-refractivity contribution >= 4 is 15.9 Å². The van der Waals surface area contributed by atoms with Gasteiger partial charge in [0, 0.05) is 0 Å². The Balaban J connectivity index is 2.85. The van der Waals surface area contributed by atoms with Gasteiger partial charge < -0.3 is 4.74 Å². The lowest BCUT2D eigenvalue weighted by Gasteiger charge is -2.10. The summed E-state index contributed by atoms with van der Waals surface area (Å²) in [6.45, 7) is 3.82. The second kappa shape index (κ2) is 5.02. The number of ether oxygens (including phenoxy) is 1. The van der Waals surface area contributed by atoms with Crippen molar-refractivity contribution in [1.29, 1.82) is 5.26 Å². The van der Waals surface area contributed by atoms with Crippen LogP contribution in [0.1, 0.15) is 19.4 Å². The molecule has 0 fully saturated rings. The molecule has 1 aromatic carbocycles. The minimum atomic E-state index is -0.418. The number of hydrogen-bond acceptors (Lipinski definition) is 2. The molecule has 1 rings (SSSR count). The Bertz CT molecular complexity index is 357. The third-order valence-corrected chi connectivity index (χ3v) is 2.51. The van der Waals surface area contributed by atoms with Crippen LogP contribution < -0.4 is 4.74 Å². The number of nitriles is 1. The second-order valence-electron chi connectivity index (χ2n) is 3.01. The number of hydrogen-bond donors (Lipinski definition) is 0. The number of benzene rings is 1. The lowest BCUT2D eigenvalue weighted by atomic mass is 10.2. The van der Waals surface area contributed by atoms with E-state index in [0.29, 0.717) is 0 Å². The Kier molecular flexibility index (Phi) is 3.97. The minimum Gasteiger partial charge on any atom is -0.475 e. The molecule has 0 spiro atoms. The molecule has 0 saturated carbocycles. The SMILES string of the molecule is CCc1ccc(OC(C)C#N)c(Br)c1. The van der Waals surface area contributed by atoms with Crippen molar-refractivity contribution in [2.24, 2.45) is 0 Å². The van der Waals surface area contributed by atoms with Gasteiger partial charge in [0.1, 0.15) is 11.8 Å². The molecule has 74 valence electrons. The summed E-state index contributed by atoms with van der Waals surface area (Å²) >= 11 is 3.41. The predicted molar refractivity (Wildman–Crippen MR) is 59.2 cm³/mol. The smallest absolute Gasteiger partial charge is 0.181 e. The zero-order valence-corrected chi connectivity index (χ0v) is 9.84. The summed E-state index contributed by atoms with van der Waals surface area (Å²) in [6, 6.07) is 7.93. The van der Waals surface area contributed by atoms with Gasteiger partial charge in [0.25, 0.3) is 0 Å². The lowest BCUT2D eigenvalue weighted by molar-refractivity contribution is 0.274. The molecule has 1 aromatic rings. The van der Waals surface area contributed by atoms with E-state index in [9.17, 15) is 0 Å². The molecule has 0 bridgehead atoms. The van der Waals surface area contributed by atoms with E-state index in [2.05, 4.69) is 22.9 Å². The molecule has 0 amide bonds. The fourth-order valence-electron chi connectivity index (χ4n) is 1.08. The topological polar surface area (TPSA) is 33.0 Å². The van der Waals surface area contributed by atoms with E-state index in [1.165, 1.54) is 5.56 Å². The largest absolute Gasteiger partial charge is 0.475 e. The third kappa shape index (κ3) is 2.74. The highest BCUT2D eigenvalue weighted by Crippen LogP contribution is 2.26. The molecule has 0 radical (unpaired) electrons. The van der Waals surface area contributed by atoms with E-state index in [0.717, 1.165) is 16.6 Å². The van der Waals surface area contributed by atoms with Crippen LogP contribution in [0.15, 0.2) is 22.7 Å². The van der Waals surface area contributed by atoms with Crippen LogP contribution in [0.5, 0.6) is 5.75 Å². The highest BCUT2D eigenvalue weighted by molar-refractivity contribution is 9.10. The van der Waals surface area contributed by atoms with Gasteiger partial charge in [-0.05, 0) is 47.0 Å². The summed E-state index contributed by atoms with van der Waals surface area (Å²) in [5.74, 6) is 0.719. The van der Waals surface area contributed by atoms with E-state index < -0.39 is 6.10 Å². The number of rotatable bonds is 3. The van der Waals surface area contributed by atoms with Crippen molar-refractivity contribution in [3.05, 3.63) is 28.2 Å². The van der Waals surface area contributed by atoms with Crippen molar-refractivity contribution in [3.63, 3.8) is 0 Å². The van der Waals surface area contributed by atoms with Gasteiger partial charge in [0.2, 0.25) is 0 Å². The summed E-state index contributed by atoms with van der Waals surface area (Å²) in [6.07, 6.45) is 0.575. The van der Waals surface area contributed by atoms with E-state index in [1.807, 2.05) is 24.3 Å². The zero-order valence-electron chi connectivity index (χ0n) is 8.25. The van der Waals surface area contributed by atoms with Crippen LogP contribution in [0.3, 0.4) is 0 Å². The Labute approximate surface area is 92.6 Å². The average Bonchev–Trinajstić information content (AvgIpc) is 2.20. The van der Waals surface area contributed by atoms with E-state index in [4.69, 9.17) is 10.00 Å². The first-order valence-electron chi connectivity index (χ1n) is 4.52. The van der Waals surface area contributed by atoms with Crippen LogP contribution in [0.2, 0.25) is 0 Å². The molecular formula is C11H12BrNO. The summed E-state index contributed by atoms with van der Waals surface area (Å²) in [5, 5.41) is 8.60. The van der Waals surface area contributed by atoms with Gasteiger partial charge in [-0.1, -0.05) is 13.0 Å². The monoisotopic (exact) mass is 253 g/mol. The normalized spacial score (nSPS) is 11.9. The first-order valence-corrected chi connectivity index (χ1v) is 5.31. The predicted octanol–water partition coefficient (Wildman–Crippen LogP) is 3.30. The van der Waals surface area contributed by atoms with Crippen molar-refractivity contribution in [2.75, 3.05) is 0 Å². The van der Waals surface area contributed by atoms with Crippen molar-refractivity contribution in [3.8, 4) is 11.8 Å². The highest BCUT2D eigenvalue weighted by Gasteiger charge is 2.05. The van der Waals surface area contributed by atoms with Gasteiger partial charge in [0.15, 0.2) is 6.10 Å². The average molecular weight is 254 g/mol. The van der Waals surface area contributed by atoms with E-state index >= 15 is 0 Å². The van der Waals surface area contributed by atoms with Crippen LogP contribution >= 0.6 is 15.9 Å². The molecule has 1 atom stereocenters. The summed E-state index contributed by atoms with van der Waals surface area (Å²) in [5.41, 5.74) is 1.24. The van der Waals surface area contributed by atoms with Gasteiger partial charge in [-0.3, -0.25) is 0 Å². The van der Waals surface area contributed by atoms with Gasteiger partial charge in [0.05, 0.1) is 4.47 Å². The van der Waals surface area contributed by atoms with Crippen LogP contribution in [0.25, 0.3) is 0 Å². The highest BCUT2D eigenvalue weighted by atomic mass is 79.9. The molecule has 0 aliphatic heterocycles. The Hall–Kier alpha value is -1.01. The third-order valence-electron chi connectivity index (χ3n) is 1.89. The molecule has 14 heavy (non-hydrogen) atoms. The molecule has 1 unspecified atom stereocenters. The fraction of sp³-hybridized carbons (Fsp3) is 0.364. The zero-order chi connectivity index (χ0) is 10.6. The number of aryl methyl sites for hydroxylation is 1. The van der Waals surface area contributed by atoms with Crippen molar-refractivity contribution in [1.82, 2.24) is 0 Å². The van der Waals surface area contributed by atoms with Crippen molar-refractivity contribution < 1.29 is 4.74 Å². The second-order valence-corrected chi connectivity index (χ2v) is 3.86. The Morgan fingerprint density at radius 1 is 1.57 bits per heavy atom. The van der Waals surface area contributed by atoms with E-state index in [1.54, 1.807) is 6.92 Å². The van der Waals surface area contributed by atoms with Gasteiger partial charge in [-0.15, -0.1) is 0 Å².